The number of esters is 1. The Morgan fingerprint density at radius 1 is 0.927 bits per heavy atom. The summed E-state index contributed by atoms with van der Waals surface area (Å²) < 4.78 is 10.3. The molecule has 1 saturated heterocycles. The Morgan fingerprint density at radius 2 is 1.56 bits per heavy atom. The first kappa shape index (κ1) is 27.9. The van der Waals surface area contributed by atoms with Gasteiger partial charge in [-0.05, 0) is 66.8 Å². The van der Waals surface area contributed by atoms with Gasteiger partial charge in [0, 0.05) is 15.2 Å². The summed E-state index contributed by atoms with van der Waals surface area (Å²) in [6.07, 6.45) is 2.07. The van der Waals surface area contributed by atoms with Crippen molar-refractivity contribution in [2.24, 2.45) is 23.7 Å². The van der Waals surface area contributed by atoms with Crippen molar-refractivity contribution in [3.05, 3.63) is 88.8 Å². The zero-order valence-electron chi connectivity index (χ0n) is 21.1. The maximum Gasteiger partial charge on any atom is 0.379 e. The zero-order valence-corrected chi connectivity index (χ0v) is 25.0. The summed E-state index contributed by atoms with van der Waals surface area (Å²) >= 11 is 13.6. The zero-order chi connectivity index (χ0) is 29.0. The highest BCUT2D eigenvalue weighted by atomic mass is 79.9. The van der Waals surface area contributed by atoms with Crippen LogP contribution in [0.15, 0.2) is 71.3 Å². The number of ether oxygens (including phenoxy) is 1. The van der Waals surface area contributed by atoms with Crippen molar-refractivity contribution in [2.75, 3.05) is 6.54 Å². The molecular weight excluding hydrogens is 684 g/mol. The van der Waals surface area contributed by atoms with Gasteiger partial charge < -0.3 is 9.15 Å². The summed E-state index contributed by atoms with van der Waals surface area (Å²) in [7, 11) is 0. The van der Waals surface area contributed by atoms with Crippen LogP contribution in [0.4, 0.5) is 0 Å². The lowest BCUT2D eigenvalue weighted by molar-refractivity contribution is -0.154. The van der Waals surface area contributed by atoms with E-state index in [4.69, 9.17) is 20.8 Å². The summed E-state index contributed by atoms with van der Waals surface area (Å²) in [6, 6.07) is 15.0. The number of hydrazine groups is 1. The number of furan rings is 1. The van der Waals surface area contributed by atoms with Crippen molar-refractivity contribution < 1.29 is 33.1 Å². The van der Waals surface area contributed by atoms with Crippen LogP contribution in [0.5, 0.6) is 5.75 Å². The number of imide groups is 1. The van der Waals surface area contributed by atoms with E-state index in [-0.39, 0.29) is 49.1 Å². The van der Waals surface area contributed by atoms with Crippen LogP contribution in [0.1, 0.15) is 37.7 Å². The van der Waals surface area contributed by atoms with E-state index in [0.717, 1.165) is 16.4 Å². The van der Waals surface area contributed by atoms with E-state index in [1.807, 2.05) is 0 Å². The summed E-state index contributed by atoms with van der Waals surface area (Å²) in [4.78, 5) is 66.9. The molecule has 6 atom stereocenters. The summed E-state index contributed by atoms with van der Waals surface area (Å²) in [5, 5.41) is 1.88. The number of benzene rings is 2. The Bertz CT molecular complexity index is 1530. The topological polar surface area (TPSA) is 114 Å². The molecule has 2 aromatic carbocycles. The molecule has 2 aliphatic carbocycles. The van der Waals surface area contributed by atoms with Gasteiger partial charge in [0.25, 0.3) is 17.7 Å². The molecule has 1 aromatic heterocycles. The maximum atomic E-state index is 13.8. The molecule has 2 heterocycles. The number of Topliss-reactive ketones (excluding diaryl/α,β-unsaturated/α-hetero) is 1. The molecule has 2 saturated carbocycles. The van der Waals surface area contributed by atoms with E-state index in [0.29, 0.717) is 0 Å². The maximum absolute atomic E-state index is 13.8. The Balaban J connectivity index is 1.27. The fourth-order valence-electron chi connectivity index (χ4n) is 6.07. The van der Waals surface area contributed by atoms with Gasteiger partial charge in [-0.2, -0.15) is 5.01 Å². The quantitative estimate of drug-likeness (QED) is 0.110. The Kier molecular flexibility index (Phi) is 7.37. The highest BCUT2D eigenvalue weighted by Crippen LogP contribution is 2.60. The Morgan fingerprint density at radius 3 is 2.15 bits per heavy atom. The number of carbonyl (C=O) groups excluding carboxylic acids is 5. The van der Waals surface area contributed by atoms with Crippen LogP contribution >= 0.6 is 43.5 Å². The lowest BCUT2D eigenvalue weighted by Crippen LogP contribution is -2.52. The molecular formula is C29H21Br2ClN2O7. The van der Waals surface area contributed by atoms with Crippen molar-refractivity contribution in [1.29, 1.82) is 0 Å². The smallest absolute Gasteiger partial charge is 0.379 e. The Labute approximate surface area is 256 Å². The van der Waals surface area contributed by atoms with Crippen LogP contribution in [0.2, 0.25) is 5.02 Å². The van der Waals surface area contributed by atoms with Gasteiger partial charge in [0.05, 0.1) is 28.7 Å². The van der Waals surface area contributed by atoms with Gasteiger partial charge in [-0.25, -0.2) is 9.80 Å². The predicted octanol–water partition coefficient (Wildman–Crippen LogP) is 5.17. The standard InChI is InChI=1S/C29H21Br2ClN2O7/c30-24-17-12-18(25(24)31)23-22(17)27(37)34(28(23)38)33(26(36)16-4-1-2-5-19(16)32)13-20(35)14-7-9-15(10-8-14)41-29(39)21-6-3-11-40-21/h1-11,17-18,22-25H,12-13H2/t17-,18-,22-,23+,24-,25+/m1/s1. The fourth-order valence-corrected chi connectivity index (χ4v) is 8.16. The van der Waals surface area contributed by atoms with Crippen molar-refractivity contribution in [2.45, 2.75) is 16.1 Å². The number of amides is 3. The number of hydrogen-bond donors (Lipinski definition) is 0. The predicted molar refractivity (Wildman–Crippen MR) is 153 cm³/mol. The van der Waals surface area contributed by atoms with Crippen LogP contribution in [-0.2, 0) is 9.59 Å². The molecule has 3 aromatic rings. The first-order valence-electron chi connectivity index (χ1n) is 12.8. The molecule has 1 aliphatic heterocycles. The Hall–Kier alpha value is -3.28. The molecule has 0 radical (unpaired) electrons. The molecule has 12 heteroatoms. The van der Waals surface area contributed by atoms with Gasteiger partial charge in [0.2, 0.25) is 5.76 Å². The molecule has 6 rings (SSSR count). The van der Waals surface area contributed by atoms with Gasteiger partial charge in [0.1, 0.15) is 12.3 Å². The first-order valence-corrected chi connectivity index (χ1v) is 15.0. The molecule has 0 unspecified atom stereocenters. The number of halogens is 3. The average molecular weight is 705 g/mol. The van der Waals surface area contributed by atoms with Gasteiger partial charge >= 0.3 is 5.97 Å². The second-order valence-corrected chi connectivity index (χ2v) is 12.7. The summed E-state index contributed by atoms with van der Waals surface area (Å²) in [5.41, 5.74) is 0.236. The van der Waals surface area contributed by atoms with Crippen molar-refractivity contribution in [3.8, 4) is 5.75 Å². The molecule has 3 aliphatic rings. The minimum Gasteiger partial charge on any atom is -0.457 e. The lowest BCUT2D eigenvalue weighted by atomic mass is 9.81. The average Bonchev–Trinajstić information content (AvgIpc) is 3.74. The molecule has 9 nitrogen and oxygen atoms in total. The van der Waals surface area contributed by atoms with Crippen molar-refractivity contribution >= 4 is 72.9 Å². The van der Waals surface area contributed by atoms with E-state index >= 15 is 0 Å². The van der Waals surface area contributed by atoms with E-state index in [2.05, 4.69) is 31.9 Å². The highest BCUT2D eigenvalue weighted by molar-refractivity contribution is 9.12. The van der Waals surface area contributed by atoms with E-state index < -0.39 is 47.9 Å². The van der Waals surface area contributed by atoms with Crippen LogP contribution in [-0.4, -0.2) is 55.7 Å². The third-order valence-corrected chi connectivity index (χ3v) is 11.5. The molecule has 41 heavy (non-hydrogen) atoms. The number of rotatable bonds is 7. The van der Waals surface area contributed by atoms with Gasteiger partial charge in [-0.3, -0.25) is 19.2 Å². The van der Waals surface area contributed by atoms with Crippen molar-refractivity contribution in [1.82, 2.24) is 10.0 Å². The number of hydrogen-bond acceptors (Lipinski definition) is 7. The summed E-state index contributed by atoms with van der Waals surface area (Å²) in [5.74, 6) is -4.07. The monoisotopic (exact) mass is 702 g/mol. The van der Waals surface area contributed by atoms with Crippen LogP contribution in [0.3, 0.4) is 0 Å². The second kappa shape index (κ2) is 10.8. The second-order valence-electron chi connectivity index (χ2n) is 10.1. The van der Waals surface area contributed by atoms with Gasteiger partial charge in [-0.1, -0.05) is 55.6 Å². The minimum absolute atomic E-state index is 0.0141. The lowest BCUT2D eigenvalue weighted by Gasteiger charge is -2.31. The number of nitrogens with zero attached hydrogens (tertiary/aromatic N) is 2. The minimum atomic E-state index is -0.743. The van der Waals surface area contributed by atoms with E-state index in [9.17, 15) is 24.0 Å². The largest absolute Gasteiger partial charge is 0.457 e. The molecule has 0 spiro atoms. The number of carbonyl (C=O) groups is 5. The molecule has 3 fully saturated rings. The first-order chi connectivity index (χ1) is 19.7. The molecule has 210 valence electrons. The highest BCUT2D eigenvalue weighted by Gasteiger charge is 2.67. The third-order valence-electron chi connectivity index (χ3n) is 7.95. The van der Waals surface area contributed by atoms with Gasteiger partial charge in [-0.15, -0.1) is 0 Å². The fraction of sp³-hybridized carbons (Fsp3) is 0.276. The van der Waals surface area contributed by atoms with Gasteiger partial charge in [0.15, 0.2) is 5.78 Å². The number of alkyl halides is 2. The normalized spacial score (nSPS) is 26.3. The number of ketones is 1. The SMILES string of the molecule is O=C(CN(C(=O)c1ccccc1Cl)N1C(=O)[C@@H]2[C@H]3C[C@@H]([C@H](Br)[C@@H]3Br)[C@@H]2C1=O)c1ccc(OC(=O)c2ccco2)cc1. The molecule has 3 amide bonds. The van der Waals surface area contributed by atoms with Crippen molar-refractivity contribution in [3.63, 3.8) is 0 Å². The molecule has 0 N–H and O–H groups in total. The van der Waals surface area contributed by atoms with Crippen LogP contribution in [0, 0.1) is 23.7 Å². The van der Waals surface area contributed by atoms with E-state index in [1.165, 1.54) is 48.7 Å². The van der Waals surface area contributed by atoms with Crippen LogP contribution in [0.25, 0.3) is 0 Å². The summed E-state index contributed by atoms with van der Waals surface area (Å²) in [6.45, 7) is -0.586. The molecule has 2 bridgehead atoms. The van der Waals surface area contributed by atoms with E-state index in [1.54, 1.807) is 18.2 Å². The van der Waals surface area contributed by atoms with Crippen LogP contribution < -0.4 is 4.74 Å². The third kappa shape index (κ3) is 4.73. The number of fused-ring (bicyclic) bond motifs is 5.